The third-order valence-corrected chi connectivity index (χ3v) is 2.78. The Bertz CT molecular complexity index is 708. The number of carboxylic acid groups (broad SMARTS) is 1. The first-order chi connectivity index (χ1) is 10.1. The van der Waals surface area contributed by atoms with Crippen molar-refractivity contribution < 1.29 is 14.7 Å². The summed E-state index contributed by atoms with van der Waals surface area (Å²) in [5, 5.41) is 11.5. The van der Waals surface area contributed by atoms with Crippen molar-refractivity contribution >= 4 is 23.6 Å². The smallest absolute Gasteiger partial charge is 0.337 e. The van der Waals surface area contributed by atoms with E-state index in [-0.39, 0.29) is 11.3 Å². The van der Waals surface area contributed by atoms with Crippen LogP contribution in [0.1, 0.15) is 21.5 Å². The molecular weight excluding hydrogens is 268 g/mol. The predicted octanol–water partition coefficient (Wildman–Crippen LogP) is 2.74. The van der Waals surface area contributed by atoms with Crippen LogP contribution in [0.25, 0.3) is 6.08 Å². The van der Waals surface area contributed by atoms with E-state index in [1.54, 1.807) is 6.08 Å². The molecule has 5 nitrogen and oxygen atoms in total. The first-order valence-electron chi connectivity index (χ1n) is 6.29. The molecule has 0 saturated carbocycles. The largest absolute Gasteiger partial charge is 0.478 e. The van der Waals surface area contributed by atoms with Gasteiger partial charge in [-0.1, -0.05) is 29.8 Å². The normalized spacial score (nSPS) is 10.5. The zero-order valence-electron chi connectivity index (χ0n) is 11.4. The number of rotatable bonds is 4. The van der Waals surface area contributed by atoms with E-state index in [2.05, 4.69) is 10.3 Å². The fraction of sp³-hybridized carbons (Fsp3) is 0.0625. The van der Waals surface area contributed by atoms with Gasteiger partial charge < -0.3 is 10.4 Å². The summed E-state index contributed by atoms with van der Waals surface area (Å²) in [5.74, 6) is -1.53. The number of nitrogens with one attached hydrogen (secondary N) is 1. The Balaban J connectivity index is 2.10. The Labute approximate surface area is 122 Å². The molecule has 2 rings (SSSR count). The molecular formula is C16H14N2O3. The highest BCUT2D eigenvalue weighted by Gasteiger charge is 2.10. The molecule has 2 N–H and O–H groups in total. The number of aryl methyl sites for hydroxylation is 1. The molecule has 0 atom stereocenters. The summed E-state index contributed by atoms with van der Waals surface area (Å²) >= 11 is 0. The van der Waals surface area contributed by atoms with Crippen molar-refractivity contribution in [2.75, 3.05) is 5.32 Å². The number of benzene rings is 1. The molecule has 1 aromatic carbocycles. The van der Waals surface area contributed by atoms with Crippen LogP contribution in [0.5, 0.6) is 0 Å². The third kappa shape index (κ3) is 4.01. The number of carboxylic acids is 1. The van der Waals surface area contributed by atoms with E-state index in [0.29, 0.717) is 0 Å². The fourth-order valence-electron chi connectivity index (χ4n) is 1.80. The predicted molar refractivity (Wildman–Crippen MR) is 80.0 cm³/mol. The van der Waals surface area contributed by atoms with E-state index in [0.717, 1.165) is 11.1 Å². The minimum atomic E-state index is -1.12. The van der Waals surface area contributed by atoms with Crippen molar-refractivity contribution in [2.45, 2.75) is 6.92 Å². The second kappa shape index (κ2) is 6.47. The highest BCUT2D eigenvalue weighted by molar-refractivity contribution is 6.05. The van der Waals surface area contributed by atoms with Crippen molar-refractivity contribution in [3.05, 3.63) is 65.5 Å². The molecule has 2 aromatic rings. The molecule has 0 aliphatic heterocycles. The summed E-state index contributed by atoms with van der Waals surface area (Å²) in [6, 6.07) is 9.02. The molecule has 1 aromatic heterocycles. The SMILES string of the molecule is Cc1cccc(C=CC(=O)Nc2cnccc2C(=O)O)c1. The lowest BCUT2D eigenvalue weighted by Crippen LogP contribution is -2.12. The lowest BCUT2D eigenvalue weighted by atomic mass is 10.1. The number of aromatic carboxylic acids is 1. The van der Waals surface area contributed by atoms with Gasteiger partial charge >= 0.3 is 5.97 Å². The molecule has 1 amide bonds. The average Bonchev–Trinajstić information content (AvgIpc) is 2.45. The summed E-state index contributed by atoms with van der Waals surface area (Å²) in [5.41, 5.74) is 2.17. The van der Waals surface area contributed by atoms with Crippen LogP contribution in [-0.4, -0.2) is 22.0 Å². The maximum Gasteiger partial charge on any atom is 0.337 e. The van der Waals surface area contributed by atoms with Crippen LogP contribution in [0.4, 0.5) is 5.69 Å². The van der Waals surface area contributed by atoms with Crippen molar-refractivity contribution in [1.82, 2.24) is 4.98 Å². The standard InChI is InChI=1S/C16H14N2O3/c1-11-3-2-4-12(9-11)5-6-15(19)18-14-10-17-8-7-13(14)16(20)21/h2-10H,1H3,(H,18,19)(H,20,21). The van der Waals surface area contributed by atoms with Crippen LogP contribution < -0.4 is 5.32 Å². The quantitative estimate of drug-likeness (QED) is 0.845. The van der Waals surface area contributed by atoms with Gasteiger partial charge in [0.05, 0.1) is 17.4 Å². The Morgan fingerprint density at radius 1 is 1.29 bits per heavy atom. The maximum absolute atomic E-state index is 11.8. The summed E-state index contributed by atoms with van der Waals surface area (Å²) in [4.78, 5) is 26.7. The lowest BCUT2D eigenvalue weighted by Gasteiger charge is -2.05. The van der Waals surface area contributed by atoms with E-state index in [9.17, 15) is 9.59 Å². The monoisotopic (exact) mass is 282 g/mol. The lowest BCUT2D eigenvalue weighted by molar-refractivity contribution is -0.111. The Kier molecular flexibility index (Phi) is 4.46. The van der Waals surface area contributed by atoms with E-state index in [1.807, 2.05) is 31.2 Å². The topological polar surface area (TPSA) is 79.3 Å². The molecule has 0 radical (unpaired) electrons. The van der Waals surface area contributed by atoms with Gasteiger partial charge in [0.25, 0.3) is 0 Å². The molecule has 0 saturated heterocycles. The van der Waals surface area contributed by atoms with Gasteiger partial charge in [-0.2, -0.15) is 0 Å². The van der Waals surface area contributed by atoms with Crippen molar-refractivity contribution in [1.29, 1.82) is 0 Å². The van der Waals surface area contributed by atoms with Crippen LogP contribution in [-0.2, 0) is 4.79 Å². The Morgan fingerprint density at radius 3 is 2.81 bits per heavy atom. The molecule has 0 fully saturated rings. The van der Waals surface area contributed by atoms with Gasteiger partial charge in [0.2, 0.25) is 5.91 Å². The number of amides is 1. The second-order valence-electron chi connectivity index (χ2n) is 4.46. The molecule has 0 spiro atoms. The van der Waals surface area contributed by atoms with E-state index in [1.165, 1.54) is 24.5 Å². The Morgan fingerprint density at radius 2 is 2.10 bits per heavy atom. The Hall–Kier alpha value is -2.95. The number of hydrogen-bond donors (Lipinski definition) is 2. The highest BCUT2D eigenvalue weighted by atomic mass is 16.4. The minimum absolute atomic E-state index is 0.00213. The molecule has 1 heterocycles. The van der Waals surface area contributed by atoms with Crippen molar-refractivity contribution in [3.63, 3.8) is 0 Å². The second-order valence-corrected chi connectivity index (χ2v) is 4.46. The summed E-state index contributed by atoms with van der Waals surface area (Å²) < 4.78 is 0. The molecule has 5 heteroatoms. The van der Waals surface area contributed by atoms with Crippen LogP contribution in [0.15, 0.2) is 48.8 Å². The summed E-state index contributed by atoms with van der Waals surface area (Å²) in [7, 11) is 0. The summed E-state index contributed by atoms with van der Waals surface area (Å²) in [6.07, 6.45) is 5.69. The van der Waals surface area contributed by atoms with Crippen LogP contribution >= 0.6 is 0 Å². The minimum Gasteiger partial charge on any atom is -0.478 e. The average molecular weight is 282 g/mol. The van der Waals surface area contributed by atoms with E-state index < -0.39 is 11.9 Å². The van der Waals surface area contributed by atoms with Crippen LogP contribution in [0.3, 0.4) is 0 Å². The zero-order valence-corrected chi connectivity index (χ0v) is 11.4. The molecule has 0 bridgehead atoms. The van der Waals surface area contributed by atoms with Crippen LogP contribution in [0, 0.1) is 6.92 Å². The van der Waals surface area contributed by atoms with Gasteiger partial charge in [-0.3, -0.25) is 9.78 Å². The van der Waals surface area contributed by atoms with Gasteiger partial charge in [0, 0.05) is 12.3 Å². The molecule has 21 heavy (non-hydrogen) atoms. The van der Waals surface area contributed by atoms with E-state index >= 15 is 0 Å². The number of anilines is 1. The van der Waals surface area contributed by atoms with Gasteiger partial charge in [0.15, 0.2) is 0 Å². The van der Waals surface area contributed by atoms with Crippen LogP contribution in [0.2, 0.25) is 0 Å². The van der Waals surface area contributed by atoms with Gasteiger partial charge in [-0.05, 0) is 24.6 Å². The number of hydrogen-bond acceptors (Lipinski definition) is 3. The number of aromatic nitrogens is 1. The first kappa shape index (κ1) is 14.5. The number of pyridine rings is 1. The number of carbonyl (C=O) groups excluding carboxylic acids is 1. The number of nitrogens with zero attached hydrogens (tertiary/aromatic N) is 1. The highest BCUT2D eigenvalue weighted by Crippen LogP contribution is 2.13. The van der Waals surface area contributed by atoms with Gasteiger partial charge in [0.1, 0.15) is 0 Å². The molecule has 0 unspecified atom stereocenters. The first-order valence-corrected chi connectivity index (χ1v) is 6.29. The summed E-state index contributed by atoms with van der Waals surface area (Å²) in [6.45, 7) is 1.96. The molecule has 106 valence electrons. The van der Waals surface area contributed by atoms with Crippen molar-refractivity contribution in [3.8, 4) is 0 Å². The zero-order chi connectivity index (χ0) is 15.2. The molecule has 0 aliphatic rings. The van der Waals surface area contributed by atoms with Crippen molar-refractivity contribution in [2.24, 2.45) is 0 Å². The maximum atomic E-state index is 11.8. The van der Waals surface area contributed by atoms with Gasteiger partial charge in [-0.25, -0.2) is 4.79 Å². The molecule has 0 aliphatic carbocycles. The van der Waals surface area contributed by atoms with Gasteiger partial charge in [-0.15, -0.1) is 0 Å². The third-order valence-electron chi connectivity index (χ3n) is 2.78. The van der Waals surface area contributed by atoms with E-state index in [4.69, 9.17) is 5.11 Å². The number of carbonyl (C=O) groups is 2. The fourth-order valence-corrected chi connectivity index (χ4v) is 1.80.